The highest BCUT2D eigenvalue weighted by Crippen LogP contribution is 2.20. The van der Waals surface area contributed by atoms with Crippen molar-refractivity contribution < 1.29 is 4.74 Å². The second-order valence-electron chi connectivity index (χ2n) is 4.57. The van der Waals surface area contributed by atoms with Crippen molar-refractivity contribution in [2.45, 2.75) is 33.6 Å². The van der Waals surface area contributed by atoms with Crippen LogP contribution in [-0.2, 0) is 6.42 Å². The molecule has 0 heterocycles. The molecule has 1 nitrogen and oxygen atoms in total. The van der Waals surface area contributed by atoms with Crippen molar-refractivity contribution in [3.05, 3.63) is 35.9 Å². The third-order valence-corrected chi connectivity index (χ3v) is 2.35. The van der Waals surface area contributed by atoms with Crippen LogP contribution in [-0.4, -0.2) is 6.61 Å². The summed E-state index contributed by atoms with van der Waals surface area (Å²) in [5.74, 6) is 1.52. The Morgan fingerprint density at radius 1 is 1.31 bits per heavy atom. The second-order valence-corrected chi connectivity index (χ2v) is 4.57. The first-order valence-electron chi connectivity index (χ1n) is 6.05. The molecule has 1 rings (SSSR count). The molecule has 0 amide bonds. The summed E-state index contributed by atoms with van der Waals surface area (Å²) in [5.41, 5.74) is 2.48. The van der Waals surface area contributed by atoms with Crippen molar-refractivity contribution in [2.75, 3.05) is 6.61 Å². The monoisotopic (exact) mass is 218 g/mol. The van der Waals surface area contributed by atoms with Gasteiger partial charge in [0.05, 0.1) is 6.61 Å². The first-order chi connectivity index (χ1) is 7.65. The highest BCUT2D eigenvalue weighted by molar-refractivity contribution is 5.51. The van der Waals surface area contributed by atoms with Gasteiger partial charge in [0.15, 0.2) is 0 Å². The molecule has 1 aromatic rings. The van der Waals surface area contributed by atoms with Gasteiger partial charge in [-0.1, -0.05) is 45.9 Å². The average Bonchev–Trinajstić information content (AvgIpc) is 2.26. The van der Waals surface area contributed by atoms with E-state index in [1.54, 1.807) is 0 Å². The topological polar surface area (TPSA) is 9.23 Å². The SMILES string of the molecule is C=Cc1cc(CCC)cc(OCC(C)C)c1. The lowest BCUT2D eigenvalue weighted by atomic mass is 10.1. The predicted molar refractivity (Wildman–Crippen MR) is 70.9 cm³/mol. The van der Waals surface area contributed by atoms with Crippen LogP contribution in [0.1, 0.15) is 38.3 Å². The molecule has 1 aromatic carbocycles. The van der Waals surface area contributed by atoms with Crippen LogP contribution in [0.25, 0.3) is 6.08 Å². The molecule has 0 aliphatic heterocycles. The maximum absolute atomic E-state index is 5.75. The number of ether oxygens (including phenoxy) is 1. The van der Waals surface area contributed by atoms with Gasteiger partial charge in [0.25, 0.3) is 0 Å². The van der Waals surface area contributed by atoms with Gasteiger partial charge in [-0.15, -0.1) is 0 Å². The van der Waals surface area contributed by atoms with E-state index in [1.807, 2.05) is 6.08 Å². The Kier molecular flexibility index (Phi) is 5.10. The molecule has 16 heavy (non-hydrogen) atoms. The van der Waals surface area contributed by atoms with E-state index in [4.69, 9.17) is 4.74 Å². The zero-order valence-corrected chi connectivity index (χ0v) is 10.6. The summed E-state index contributed by atoms with van der Waals surface area (Å²) in [7, 11) is 0. The zero-order chi connectivity index (χ0) is 12.0. The van der Waals surface area contributed by atoms with Gasteiger partial charge in [0.2, 0.25) is 0 Å². The van der Waals surface area contributed by atoms with E-state index in [-0.39, 0.29) is 0 Å². The van der Waals surface area contributed by atoms with E-state index >= 15 is 0 Å². The first kappa shape index (κ1) is 12.8. The summed E-state index contributed by atoms with van der Waals surface area (Å²) in [4.78, 5) is 0. The lowest BCUT2D eigenvalue weighted by Crippen LogP contribution is -2.04. The summed E-state index contributed by atoms with van der Waals surface area (Å²) >= 11 is 0. The minimum Gasteiger partial charge on any atom is -0.493 e. The summed E-state index contributed by atoms with van der Waals surface area (Å²) in [5, 5.41) is 0. The second kappa shape index (κ2) is 6.37. The lowest BCUT2D eigenvalue weighted by molar-refractivity contribution is 0.271. The van der Waals surface area contributed by atoms with E-state index in [0.29, 0.717) is 5.92 Å². The highest BCUT2D eigenvalue weighted by Gasteiger charge is 2.01. The fourth-order valence-corrected chi connectivity index (χ4v) is 1.58. The molecule has 1 heteroatoms. The first-order valence-corrected chi connectivity index (χ1v) is 6.05. The van der Waals surface area contributed by atoms with Gasteiger partial charge >= 0.3 is 0 Å². The zero-order valence-electron chi connectivity index (χ0n) is 10.6. The predicted octanol–water partition coefficient (Wildman–Crippen LogP) is 4.32. The molecule has 88 valence electrons. The van der Waals surface area contributed by atoms with E-state index in [2.05, 4.69) is 45.5 Å². The van der Waals surface area contributed by atoms with Gasteiger partial charge in [-0.2, -0.15) is 0 Å². The van der Waals surface area contributed by atoms with Crippen LogP contribution < -0.4 is 4.74 Å². The number of rotatable bonds is 6. The molecule has 0 aromatic heterocycles. The largest absolute Gasteiger partial charge is 0.493 e. The summed E-state index contributed by atoms with van der Waals surface area (Å²) in [6, 6.07) is 6.37. The third-order valence-electron chi connectivity index (χ3n) is 2.35. The molecule has 0 radical (unpaired) electrons. The van der Waals surface area contributed by atoms with Gasteiger partial charge in [0, 0.05) is 0 Å². The van der Waals surface area contributed by atoms with Gasteiger partial charge in [-0.3, -0.25) is 0 Å². The Labute approximate surface area is 99.1 Å². The molecular formula is C15H22O. The van der Waals surface area contributed by atoms with Crippen molar-refractivity contribution in [1.82, 2.24) is 0 Å². The molecule has 0 saturated heterocycles. The normalized spacial score (nSPS) is 10.5. The summed E-state index contributed by atoms with van der Waals surface area (Å²) in [6.07, 6.45) is 4.13. The van der Waals surface area contributed by atoms with E-state index in [0.717, 1.165) is 30.8 Å². The van der Waals surface area contributed by atoms with Gasteiger partial charge in [0.1, 0.15) is 5.75 Å². The fraction of sp³-hybridized carbons (Fsp3) is 0.467. The van der Waals surface area contributed by atoms with Crippen molar-refractivity contribution in [3.63, 3.8) is 0 Å². The third kappa shape index (κ3) is 4.09. The molecule has 0 fully saturated rings. The van der Waals surface area contributed by atoms with E-state index in [1.165, 1.54) is 5.56 Å². The van der Waals surface area contributed by atoms with Gasteiger partial charge in [-0.05, 0) is 35.6 Å². The Balaban J connectivity index is 2.81. The van der Waals surface area contributed by atoms with Crippen molar-refractivity contribution in [3.8, 4) is 5.75 Å². The van der Waals surface area contributed by atoms with Gasteiger partial charge in [-0.25, -0.2) is 0 Å². The number of aryl methyl sites for hydroxylation is 1. The molecule has 0 atom stereocenters. The van der Waals surface area contributed by atoms with E-state index in [9.17, 15) is 0 Å². The van der Waals surface area contributed by atoms with Crippen LogP contribution >= 0.6 is 0 Å². The smallest absolute Gasteiger partial charge is 0.120 e. The Hall–Kier alpha value is -1.24. The Bertz CT molecular complexity index is 339. The molecule has 0 spiro atoms. The van der Waals surface area contributed by atoms with Crippen LogP contribution in [0.15, 0.2) is 24.8 Å². The van der Waals surface area contributed by atoms with Crippen molar-refractivity contribution in [1.29, 1.82) is 0 Å². The molecule has 0 aliphatic rings. The summed E-state index contributed by atoms with van der Waals surface area (Å²) in [6.45, 7) is 11.1. The van der Waals surface area contributed by atoms with Crippen molar-refractivity contribution in [2.24, 2.45) is 5.92 Å². The number of benzene rings is 1. The van der Waals surface area contributed by atoms with Crippen LogP contribution in [0.5, 0.6) is 5.75 Å². The maximum Gasteiger partial charge on any atom is 0.120 e. The van der Waals surface area contributed by atoms with Crippen LogP contribution in [0.2, 0.25) is 0 Å². The maximum atomic E-state index is 5.75. The molecule has 0 N–H and O–H groups in total. The van der Waals surface area contributed by atoms with Crippen molar-refractivity contribution >= 4 is 6.08 Å². The van der Waals surface area contributed by atoms with Crippen LogP contribution in [0.3, 0.4) is 0 Å². The lowest BCUT2D eigenvalue weighted by Gasteiger charge is -2.11. The number of hydrogen-bond acceptors (Lipinski definition) is 1. The summed E-state index contributed by atoms with van der Waals surface area (Å²) < 4.78 is 5.75. The highest BCUT2D eigenvalue weighted by atomic mass is 16.5. The molecule has 0 unspecified atom stereocenters. The van der Waals surface area contributed by atoms with Crippen LogP contribution in [0.4, 0.5) is 0 Å². The quantitative estimate of drug-likeness (QED) is 0.691. The Morgan fingerprint density at radius 3 is 2.62 bits per heavy atom. The van der Waals surface area contributed by atoms with Gasteiger partial charge < -0.3 is 4.74 Å². The minimum atomic E-state index is 0.557. The van der Waals surface area contributed by atoms with E-state index < -0.39 is 0 Å². The average molecular weight is 218 g/mol. The Morgan fingerprint density at radius 2 is 2.06 bits per heavy atom. The molecule has 0 saturated carbocycles. The molecular weight excluding hydrogens is 196 g/mol. The fourth-order valence-electron chi connectivity index (χ4n) is 1.58. The molecule has 0 bridgehead atoms. The minimum absolute atomic E-state index is 0.557. The number of hydrogen-bond donors (Lipinski definition) is 0. The molecule has 0 aliphatic carbocycles. The standard InChI is InChI=1S/C15H22O/c1-5-7-14-8-13(6-2)9-15(10-14)16-11-12(3)4/h6,8-10,12H,2,5,7,11H2,1,3-4H3. The van der Waals surface area contributed by atoms with Crippen LogP contribution in [0, 0.1) is 5.92 Å².